The summed E-state index contributed by atoms with van der Waals surface area (Å²) in [6.45, 7) is 10.3. The molecule has 0 saturated carbocycles. The minimum Gasteiger partial charge on any atom is -0.469 e. The second kappa shape index (κ2) is 5.93. The predicted molar refractivity (Wildman–Crippen MR) is 62.9 cm³/mol. The van der Waals surface area contributed by atoms with Crippen LogP contribution >= 0.6 is 0 Å². The van der Waals surface area contributed by atoms with Gasteiger partial charge < -0.3 is 15.1 Å². The molecule has 2 N–H and O–H groups in total. The fraction of sp³-hybridized carbons (Fsp3) is 0.667. The van der Waals surface area contributed by atoms with Crippen molar-refractivity contribution in [2.75, 3.05) is 6.54 Å². The van der Waals surface area contributed by atoms with E-state index in [4.69, 9.17) is 4.42 Å². The number of furan rings is 1. The van der Waals surface area contributed by atoms with Crippen LogP contribution in [0.15, 0.2) is 16.7 Å². The van der Waals surface area contributed by atoms with Crippen LogP contribution in [0.2, 0.25) is 0 Å². The second-order valence-corrected chi connectivity index (χ2v) is 4.41. The Kier molecular flexibility index (Phi) is 4.85. The van der Waals surface area contributed by atoms with Gasteiger partial charge in [0.15, 0.2) is 0 Å². The van der Waals surface area contributed by atoms with Crippen LogP contribution in [0.4, 0.5) is 0 Å². The number of hydrogen-bond donors (Lipinski definition) is 2. The van der Waals surface area contributed by atoms with Gasteiger partial charge in [0, 0.05) is 30.7 Å². The number of aryl methyl sites for hydroxylation is 1. The highest BCUT2D eigenvalue weighted by Crippen LogP contribution is 2.05. The Labute approximate surface area is 92.2 Å². The van der Waals surface area contributed by atoms with E-state index < -0.39 is 0 Å². The molecule has 1 rings (SSSR count). The van der Waals surface area contributed by atoms with Gasteiger partial charge in [-0.3, -0.25) is 0 Å². The fourth-order valence-corrected chi connectivity index (χ4v) is 1.37. The van der Waals surface area contributed by atoms with Crippen LogP contribution in [0.25, 0.3) is 0 Å². The average molecular weight is 210 g/mol. The van der Waals surface area contributed by atoms with Crippen molar-refractivity contribution >= 4 is 0 Å². The van der Waals surface area contributed by atoms with Gasteiger partial charge >= 0.3 is 0 Å². The van der Waals surface area contributed by atoms with Crippen molar-refractivity contribution in [2.24, 2.45) is 0 Å². The second-order valence-electron chi connectivity index (χ2n) is 4.41. The SMILES string of the molecule is Cc1cc(CNC(C)CNC(C)C)co1. The molecule has 3 heteroatoms. The summed E-state index contributed by atoms with van der Waals surface area (Å²) in [6, 6.07) is 3.09. The van der Waals surface area contributed by atoms with Crippen molar-refractivity contribution in [3.8, 4) is 0 Å². The lowest BCUT2D eigenvalue weighted by atomic mass is 10.2. The maximum atomic E-state index is 5.24. The van der Waals surface area contributed by atoms with E-state index in [9.17, 15) is 0 Å². The van der Waals surface area contributed by atoms with Gasteiger partial charge in [-0.25, -0.2) is 0 Å². The Balaban J connectivity index is 2.19. The van der Waals surface area contributed by atoms with E-state index in [-0.39, 0.29) is 0 Å². The third-order valence-electron chi connectivity index (χ3n) is 2.27. The Morgan fingerprint density at radius 2 is 2.00 bits per heavy atom. The van der Waals surface area contributed by atoms with Gasteiger partial charge in [0.1, 0.15) is 5.76 Å². The van der Waals surface area contributed by atoms with E-state index in [1.807, 2.05) is 13.2 Å². The van der Waals surface area contributed by atoms with E-state index >= 15 is 0 Å². The highest BCUT2D eigenvalue weighted by molar-refractivity contribution is 5.11. The van der Waals surface area contributed by atoms with E-state index in [1.54, 1.807) is 0 Å². The quantitative estimate of drug-likeness (QED) is 0.754. The summed E-state index contributed by atoms with van der Waals surface area (Å²) in [5.74, 6) is 0.972. The first kappa shape index (κ1) is 12.3. The van der Waals surface area contributed by atoms with Crippen LogP contribution in [0.3, 0.4) is 0 Å². The molecule has 1 atom stereocenters. The molecule has 0 fully saturated rings. The molecule has 0 aliphatic heterocycles. The lowest BCUT2D eigenvalue weighted by Crippen LogP contribution is -2.38. The first-order valence-corrected chi connectivity index (χ1v) is 5.58. The Morgan fingerprint density at radius 1 is 1.27 bits per heavy atom. The standard InChI is InChI=1S/C12H22N2O/c1-9(2)13-6-10(3)14-7-12-5-11(4)15-8-12/h5,8-10,13-14H,6-7H2,1-4H3. The molecule has 3 nitrogen and oxygen atoms in total. The molecular weight excluding hydrogens is 188 g/mol. The summed E-state index contributed by atoms with van der Waals surface area (Å²) in [5.41, 5.74) is 1.21. The largest absolute Gasteiger partial charge is 0.469 e. The Bertz CT molecular complexity index is 281. The summed E-state index contributed by atoms with van der Waals surface area (Å²) < 4.78 is 5.24. The van der Waals surface area contributed by atoms with Crippen LogP contribution in [0, 0.1) is 6.92 Å². The molecule has 0 amide bonds. The Hall–Kier alpha value is -0.800. The molecule has 0 bridgehead atoms. The normalized spacial score (nSPS) is 13.4. The third-order valence-corrected chi connectivity index (χ3v) is 2.27. The van der Waals surface area contributed by atoms with Gasteiger partial charge in [-0.1, -0.05) is 13.8 Å². The summed E-state index contributed by atoms with van der Waals surface area (Å²) in [4.78, 5) is 0. The van der Waals surface area contributed by atoms with Crippen LogP contribution in [-0.2, 0) is 6.54 Å². The fourth-order valence-electron chi connectivity index (χ4n) is 1.37. The monoisotopic (exact) mass is 210 g/mol. The lowest BCUT2D eigenvalue weighted by molar-refractivity contribution is 0.471. The van der Waals surface area contributed by atoms with E-state index in [0.717, 1.165) is 18.8 Å². The van der Waals surface area contributed by atoms with Gasteiger partial charge in [0.05, 0.1) is 6.26 Å². The third kappa shape index (κ3) is 5.00. The minimum atomic E-state index is 0.475. The lowest BCUT2D eigenvalue weighted by Gasteiger charge is -2.15. The number of nitrogens with one attached hydrogen (secondary N) is 2. The van der Waals surface area contributed by atoms with Gasteiger partial charge in [-0.15, -0.1) is 0 Å². The molecule has 1 unspecified atom stereocenters. The first-order chi connectivity index (χ1) is 7.08. The molecule has 0 radical (unpaired) electrons. The molecule has 1 aromatic rings. The number of rotatable bonds is 6. The molecule has 86 valence electrons. The zero-order valence-corrected chi connectivity index (χ0v) is 10.1. The molecule has 0 saturated heterocycles. The zero-order chi connectivity index (χ0) is 11.3. The predicted octanol–water partition coefficient (Wildman–Crippen LogP) is 2.06. The summed E-state index contributed by atoms with van der Waals surface area (Å²) in [5, 5.41) is 6.85. The highest BCUT2D eigenvalue weighted by atomic mass is 16.3. The minimum absolute atomic E-state index is 0.475. The van der Waals surface area contributed by atoms with Crippen molar-refractivity contribution in [2.45, 2.75) is 46.3 Å². The zero-order valence-electron chi connectivity index (χ0n) is 10.1. The molecule has 0 aliphatic rings. The van der Waals surface area contributed by atoms with Crippen molar-refractivity contribution in [3.05, 3.63) is 23.7 Å². The van der Waals surface area contributed by atoms with E-state index in [2.05, 4.69) is 37.5 Å². The van der Waals surface area contributed by atoms with Crippen molar-refractivity contribution in [3.63, 3.8) is 0 Å². The molecule has 0 aromatic carbocycles. The van der Waals surface area contributed by atoms with Crippen molar-refractivity contribution in [1.29, 1.82) is 0 Å². The van der Waals surface area contributed by atoms with Gasteiger partial charge in [-0.2, -0.15) is 0 Å². The van der Waals surface area contributed by atoms with Crippen LogP contribution < -0.4 is 10.6 Å². The first-order valence-electron chi connectivity index (χ1n) is 5.58. The Morgan fingerprint density at radius 3 is 2.53 bits per heavy atom. The summed E-state index contributed by atoms with van der Waals surface area (Å²) in [7, 11) is 0. The van der Waals surface area contributed by atoms with Gasteiger partial charge in [-0.05, 0) is 19.9 Å². The van der Waals surface area contributed by atoms with Crippen molar-refractivity contribution < 1.29 is 4.42 Å². The maximum Gasteiger partial charge on any atom is 0.101 e. The highest BCUT2D eigenvalue weighted by Gasteiger charge is 2.03. The molecule has 0 aliphatic carbocycles. The summed E-state index contributed by atoms with van der Waals surface area (Å²) >= 11 is 0. The average Bonchev–Trinajstić information content (AvgIpc) is 2.58. The topological polar surface area (TPSA) is 37.2 Å². The summed E-state index contributed by atoms with van der Waals surface area (Å²) in [6.07, 6.45) is 1.81. The molecule has 1 aromatic heterocycles. The molecular formula is C12H22N2O. The van der Waals surface area contributed by atoms with Gasteiger partial charge in [0.25, 0.3) is 0 Å². The molecule has 15 heavy (non-hydrogen) atoms. The van der Waals surface area contributed by atoms with E-state index in [0.29, 0.717) is 12.1 Å². The van der Waals surface area contributed by atoms with Crippen LogP contribution in [-0.4, -0.2) is 18.6 Å². The maximum absolute atomic E-state index is 5.24. The van der Waals surface area contributed by atoms with Gasteiger partial charge in [0.2, 0.25) is 0 Å². The molecule has 0 spiro atoms. The number of hydrogen-bond acceptors (Lipinski definition) is 3. The smallest absolute Gasteiger partial charge is 0.101 e. The molecule has 1 heterocycles. The van der Waals surface area contributed by atoms with Crippen LogP contribution in [0.5, 0.6) is 0 Å². The van der Waals surface area contributed by atoms with Crippen LogP contribution in [0.1, 0.15) is 32.1 Å². The van der Waals surface area contributed by atoms with Crippen molar-refractivity contribution in [1.82, 2.24) is 10.6 Å². The van der Waals surface area contributed by atoms with E-state index in [1.165, 1.54) is 5.56 Å².